The normalized spacial score (nSPS) is 12.6. The van der Waals surface area contributed by atoms with Gasteiger partial charge in [-0.05, 0) is 23.9 Å². The average Bonchev–Trinajstić information content (AvgIpc) is 2.06. The summed E-state index contributed by atoms with van der Waals surface area (Å²) < 4.78 is 76.3. The predicted octanol–water partition coefficient (Wildman–Crippen LogP) is 4.54. The van der Waals surface area contributed by atoms with Gasteiger partial charge in [-0.2, -0.15) is 13.2 Å². The Balaban J connectivity index is 3.21. The van der Waals surface area contributed by atoms with Crippen molar-refractivity contribution in [1.82, 2.24) is 0 Å². The Morgan fingerprint density at radius 3 is 2.11 bits per heavy atom. The second-order valence-corrected chi connectivity index (χ2v) is 4.91. The lowest BCUT2D eigenvalue weighted by Gasteiger charge is -2.16. The van der Waals surface area contributed by atoms with Crippen LogP contribution in [-0.4, -0.2) is 11.9 Å². The van der Waals surface area contributed by atoms with Gasteiger partial charge in [-0.25, -0.2) is 0 Å². The largest absolute Gasteiger partial charge is 0.573 e. The molecule has 0 aliphatic rings. The number of thioether (sulfide) groups is 1. The van der Waals surface area contributed by atoms with Crippen molar-refractivity contribution in [3.05, 3.63) is 16.6 Å². The quantitative estimate of drug-likeness (QED) is 0.480. The van der Waals surface area contributed by atoms with Crippen LogP contribution in [0.1, 0.15) is 0 Å². The van der Waals surface area contributed by atoms with E-state index in [1.54, 1.807) is 0 Å². The molecule has 0 aliphatic heterocycles. The van der Waals surface area contributed by atoms with Crippen LogP contribution in [-0.2, 0) is 0 Å². The molecule has 0 unspecified atom stereocenters. The average molecular weight is 356 g/mol. The van der Waals surface area contributed by atoms with Gasteiger partial charge in [0.1, 0.15) is 5.75 Å². The molecule has 0 spiro atoms. The zero-order chi connectivity index (χ0) is 14.1. The smallest absolute Gasteiger partial charge is 0.404 e. The Bertz CT molecular complexity index is 446. The monoisotopic (exact) mass is 355 g/mol. The van der Waals surface area contributed by atoms with Gasteiger partial charge in [0.25, 0.3) is 0 Å². The Labute approximate surface area is 110 Å². The Hall–Kier alpha value is -0.770. The van der Waals surface area contributed by atoms with Crippen LogP contribution in [0, 0.1) is 0 Å². The van der Waals surface area contributed by atoms with Crippen molar-refractivity contribution >= 4 is 33.4 Å². The molecular weight excluding hydrogens is 352 g/mol. The van der Waals surface area contributed by atoms with Crippen LogP contribution < -0.4 is 10.5 Å². The highest BCUT2D eigenvalue weighted by Crippen LogP contribution is 2.46. The first-order valence-electron chi connectivity index (χ1n) is 4.08. The van der Waals surface area contributed by atoms with Crippen LogP contribution in [0.4, 0.5) is 32.0 Å². The molecule has 0 fully saturated rings. The summed E-state index contributed by atoms with van der Waals surface area (Å²) in [7, 11) is 0. The van der Waals surface area contributed by atoms with Gasteiger partial charge in [0, 0.05) is 4.47 Å². The van der Waals surface area contributed by atoms with E-state index in [9.17, 15) is 26.3 Å². The molecule has 0 saturated heterocycles. The zero-order valence-electron chi connectivity index (χ0n) is 8.19. The number of benzene rings is 1. The summed E-state index contributed by atoms with van der Waals surface area (Å²) in [4.78, 5) is -0.831. The number of halogens is 7. The minimum absolute atomic E-state index is 0.0748. The molecule has 2 nitrogen and oxygen atoms in total. The van der Waals surface area contributed by atoms with E-state index in [1.165, 1.54) is 0 Å². The molecule has 1 aromatic carbocycles. The third kappa shape index (κ3) is 4.84. The van der Waals surface area contributed by atoms with Crippen molar-refractivity contribution < 1.29 is 31.1 Å². The molecule has 1 rings (SSSR count). The van der Waals surface area contributed by atoms with Crippen LogP contribution >= 0.6 is 27.7 Å². The SMILES string of the molecule is Nc1cc(Br)cc(OC(F)(F)F)c1SC(F)(F)F. The summed E-state index contributed by atoms with van der Waals surface area (Å²) in [5, 5.41) is 0. The van der Waals surface area contributed by atoms with Crippen LogP contribution in [0.3, 0.4) is 0 Å². The number of ether oxygens (including phenoxy) is 1. The maximum atomic E-state index is 12.2. The molecule has 0 heterocycles. The van der Waals surface area contributed by atoms with Crippen molar-refractivity contribution in [2.45, 2.75) is 16.8 Å². The number of alkyl halides is 6. The first-order chi connectivity index (χ1) is 7.98. The van der Waals surface area contributed by atoms with E-state index in [-0.39, 0.29) is 4.47 Å². The number of hydrogen-bond acceptors (Lipinski definition) is 3. The van der Waals surface area contributed by atoms with Crippen molar-refractivity contribution in [1.29, 1.82) is 0 Å². The molecule has 0 amide bonds. The van der Waals surface area contributed by atoms with E-state index in [2.05, 4.69) is 20.7 Å². The molecule has 0 bridgehead atoms. The highest BCUT2D eigenvalue weighted by molar-refractivity contribution is 9.10. The maximum Gasteiger partial charge on any atom is 0.573 e. The number of nitrogen functional groups attached to an aromatic ring is 1. The summed E-state index contributed by atoms with van der Waals surface area (Å²) in [5.74, 6) is -1.00. The molecular formula is C8H4BrF6NOS. The molecule has 0 radical (unpaired) electrons. The lowest BCUT2D eigenvalue weighted by molar-refractivity contribution is -0.275. The number of hydrogen-bond donors (Lipinski definition) is 1. The molecule has 0 aromatic heterocycles. The van der Waals surface area contributed by atoms with Crippen LogP contribution in [0.5, 0.6) is 5.75 Å². The van der Waals surface area contributed by atoms with Gasteiger partial charge in [0.2, 0.25) is 0 Å². The molecule has 0 atom stereocenters. The fourth-order valence-corrected chi connectivity index (χ4v) is 2.08. The van der Waals surface area contributed by atoms with Gasteiger partial charge in [-0.3, -0.25) is 0 Å². The summed E-state index contributed by atoms with van der Waals surface area (Å²) in [5.41, 5.74) is 0.0112. The highest BCUT2D eigenvalue weighted by atomic mass is 79.9. The van der Waals surface area contributed by atoms with Crippen molar-refractivity contribution in [2.75, 3.05) is 5.73 Å². The minimum atomic E-state index is -5.10. The standard InChI is InChI=1S/C8H4BrF6NOS/c9-3-1-4(16)6(18-8(13,14)15)5(2-3)17-7(10,11)12/h1-2H,16H2. The van der Waals surface area contributed by atoms with E-state index in [4.69, 9.17) is 5.73 Å². The molecule has 18 heavy (non-hydrogen) atoms. The number of rotatable bonds is 2. The van der Waals surface area contributed by atoms with Gasteiger partial charge in [0.05, 0.1) is 10.6 Å². The summed E-state index contributed by atoms with van der Waals surface area (Å²) in [6, 6.07) is 1.81. The maximum absolute atomic E-state index is 12.2. The molecule has 1 aromatic rings. The second-order valence-electron chi connectivity index (χ2n) is 2.92. The Morgan fingerprint density at radius 2 is 1.67 bits per heavy atom. The Kier molecular flexibility index (Phi) is 4.31. The zero-order valence-corrected chi connectivity index (χ0v) is 10.6. The minimum Gasteiger partial charge on any atom is -0.404 e. The lowest BCUT2D eigenvalue weighted by Crippen LogP contribution is -2.18. The van der Waals surface area contributed by atoms with Crippen LogP contribution in [0.2, 0.25) is 0 Å². The first kappa shape index (κ1) is 15.3. The van der Waals surface area contributed by atoms with Gasteiger partial charge in [0.15, 0.2) is 0 Å². The van der Waals surface area contributed by atoms with E-state index < -0.39 is 40.0 Å². The van der Waals surface area contributed by atoms with Crippen molar-refractivity contribution in [2.24, 2.45) is 0 Å². The molecule has 0 aliphatic carbocycles. The van der Waals surface area contributed by atoms with E-state index in [1.807, 2.05) is 0 Å². The molecule has 102 valence electrons. The van der Waals surface area contributed by atoms with E-state index in [0.717, 1.165) is 12.1 Å². The van der Waals surface area contributed by atoms with Crippen LogP contribution in [0.25, 0.3) is 0 Å². The van der Waals surface area contributed by atoms with Gasteiger partial charge in [-0.15, -0.1) is 13.2 Å². The van der Waals surface area contributed by atoms with E-state index in [0.29, 0.717) is 0 Å². The molecule has 0 saturated carbocycles. The van der Waals surface area contributed by atoms with Gasteiger partial charge in [-0.1, -0.05) is 15.9 Å². The second kappa shape index (κ2) is 5.08. The summed E-state index contributed by atoms with van der Waals surface area (Å²) >= 11 is 2.05. The van der Waals surface area contributed by atoms with Crippen molar-refractivity contribution in [3.8, 4) is 5.75 Å². The van der Waals surface area contributed by atoms with Gasteiger partial charge >= 0.3 is 11.9 Å². The number of nitrogens with two attached hydrogens (primary N) is 1. The lowest BCUT2D eigenvalue weighted by atomic mass is 10.3. The first-order valence-corrected chi connectivity index (χ1v) is 5.69. The summed E-state index contributed by atoms with van der Waals surface area (Å²) in [6.07, 6.45) is -5.10. The van der Waals surface area contributed by atoms with Gasteiger partial charge < -0.3 is 10.5 Å². The highest BCUT2D eigenvalue weighted by Gasteiger charge is 2.36. The summed E-state index contributed by atoms with van der Waals surface area (Å²) in [6.45, 7) is 0. The number of anilines is 1. The Morgan fingerprint density at radius 1 is 1.11 bits per heavy atom. The third-order valence-corrected chi connectivity index (χ3v) is 2.82. The fraction of sp³-hybridized carbons (Fsp3) is 0.250. The third-order valence-electron chi connectivity index (χ3n) is 1.49. The van der Waals surface area contributed by atoms with Crippen molar-refractivity contribution in [3.63, 3.8) is 0 Å². The topological polar surface area (TPSA) is 35.2 Å². The molecule has 2 N–H and O–H groups in total. The predicted molar refractivity (Wildman–Crippen MR) is 57.1 cm³/mol. The van der Waals surface area contributed by atoms with Crippen LogP contribution in [0.15, 0.2) is 21.5 Å². The van der Waals surface area contributed by atoms with E-state index >= 15 is 0 Å². The molecule has 10 heteroatoms. The fourth-order valence-electron chi connectivity index (χ4n) is 1.01.